The number of aliphatic hydroxyl groups excluding tert-OH is 1. The van der Waals surface area contributed by atoms with Crippen molar-refractivity contribution in [1.29, 1.82) is 0 Å². The van der Waals surface area contributed by atoms with Crippen LogP contribution >= 0.6 is 0 Å². The molecule has 1 aromatic heterocycles. The number of phenolic OH excluding ortho intramolecular Hbond substituents is 1. The van der Waals surface area contributed by atoms with E-state index < -0.39 is 11.6 Å². The molecule has 0 aliphatic heterocycles. The van der Waals surface area contributed by atoms with E-state index in [0.29, 0.717) is 12.8 Å². The minimum Gasteiger partial charge on any atom is -0.508 e. The summed E-state index contributed by atoms with van der Waals surface area (Å²) in [6, 6.07) is 15.3. The Morgan fingerprint density at radius 3 is 1.95 bits per heavy atom. The molecular formula is C32H45N3O2. The maximum absolute atomic E-state index is 12.3. The van der Waals surface area contributed by atoms with Gasteiger partial charge in [-0.15, -0.1) is 0 Å². The van der Waals surface area contributed by atoms with E-state index in [0.717, 1.165) is 28.6 Å². The average Bonchev–Trinajstić information content (AvgIpc) is 3.19. The molecule has 0 bridgehead atoms. The molecule has 5 nitrogen and oxygen atoms in total. The van der Waals surface area contributed by atoms with Gasteiger partial charge in [0, 0.05) is 0 Å². The van der Waals surface area contributed by atoms with Gasteiger partial charge < -0.3 is 10.2 Å². The zero-order chi connectivity index (χ0) is 27.4. The minimum absolute atomic E-state index is 0.0849. The van der Waals surface area contributed by atoms with E-state index in [1.54, 1.807) is 6.07 Å². The molecule has 0 amide bonds. The third-order valence-corrected chi connectivity index (χ3v) is 8.79. The number of aromatic hydroxyl groups is 1. The fraction of sp³-hybridized carbons (Fsp3) is 0.562. The van der Waals surface area contributed by atoms with Gasteiger partial charge in [-0.3, -0.25) is 0 Å². The van der Waals surface area contributed by atoms with Gasteiger partial charge in [-0.05, 0) is 70.3 Å². The lowest BCUT2D eigenvalue weighted by Gasteiger charge is -2.58. The lowest BCUT2D eigenvalue weighted by Crippen LogP contribution is -2.62. The molecule has 2 N–H and O–H groups in total. The number of nitrogens with zero attached hydrogens (tertiary/aromatic N) is 3. The summed E-state index contributed by atoms with van der Waals surface area (Å²) in [5, 5.41) is 32.9. The molecule has 0 radical (unpaired) electrons. The highest BCUT2D eigenvalue weighted by Gasteiger charge is 2.60. The SMILES string of the molecule is CC(C)(C)CC(C)(C)C1(C)C=C(Cc2ccccc2O)C(O)C(n2nc3ccccc3n2)(C(C)(C)C)C1. The Labute approximate surface area is 222 Å². The topological polar surface area (TPSA) is 71.2 Å². The molecule has 0 saturated carbocycles. The van der Waals surface area contributed by atoms with Crippen LogP contribution in [0.1, 0.15) is 80.7 Å². The minimum atomic E-state index is -0.826. The maximum Gasteiger partial charge on any atom is 0.119 e. The fourth-order valence-electron chi connectivity index (χ4n) is 6.69. The first kappa shape index (κ1) is 27.4. The molecule has 1 heterocycles. The number of aliphatic hydroxyl groups is 1. The second-order valence-electron chi connectivity index (χ2n) is 14.3. The van der Waals surface area contributed by atoms with Crippen molar-refractivity contribution < 1.29 is 10.2 Å². The molecule has 3 aromatic rings. The van der Waals surface area contributed by atoms with Crippen molar-refractivity contribution in [1.82, 2.24) is 15.0 Å². The predicted octanol–water partition coefficient (Wildman–Crippen LogP) is 7.28. The van der Waals surface area contributed by atoms with Gasteiger partial charge in [0.2, 0.25) is 0 Å². The zero-order valence-electron chi connectivity index (χ0n) is 24.1. The van der Waals surface area contributed by atoms with Crippen LogP contribution in [-0.4, -0.2) is 31.3 Å². The summed E-state index contributed by atoms with van der Waals surface area (Å²) in [5.41, 5.74) is 1.97. The van der Waals surface area contributed by atoms with Crippen LogP contribution in [0.2, 0.25) is 0 Å². The van der Waals surface area contributed by atoms with Crippen molar-refractivity contribution in [2.45, 2.75) is 93.2 Å². The Morgan fingerprint density at radius 2 is 1.43 bits per heavy atom. The first-order valence-corrected chi connectivity index (χ1v) is 13.5. The van der Waals surface area contributed by atoms with Crippen molar-refractivity contribution in [2.24, 2.45) is 21.7 Å². The number of rotatable bonds is 5. The molecule has 0 saturated heterocycles. The lowest BCUT2D eigenvalue weighted by molar-refractivity contribution is -0.100. The van der Waals surface area contributed by atoms with Crippen LogP contribution in [0, 0.1) is 21.7 Å². The smallest absolute Gasteiger partial charge is 0.119 e. The van der Waals surface area contributed by atoms with Crippen LogP contribution in [0.15, 0.2) is 60.2 Å². The van der Waals surface area contributed by atoms with Crippen molar-refractivity contribution in [3.63, 3.8) is 0 Å². The van der Waals surface area contributed by atoms with Crippen LogP contribution in [-0.2, 0) is 12.0 Å². The van der Waals surface area contributed by atoms with Crippen LogP contribution in [0.5, 0.6) is 5.75 Å². The highest BCUT2D eigenvalue weighted by molar-refractivity contribution is 5.73. The Morgan fingerprint density at radius 1 is 0.892 bits per heavy atom. The molecule has 5 heteroatoms. The standard InChI is InChI=1S/C32H45N3O2/c1-28(2,3)20-30(7,8)31(9)19-23(18-22-14-10-13-17-26(22)36)27(37)32(21-31,29(4,5)6)35-33-24-15-11-12-16-25(24)34-35/h10-17,19,27,36-37H,18,20-21H2,1-9H3. The van der Waals surface area contributed by atoms with Gasteiger partial charge in [-0.2, -0.15) is 15.0 Å². The average molecular weight is 504 g/mol. The number of aromatic nitrogens is 3. The Bertz CT molecular complexity index is 1270. The first-order chi connectivity index (χ1) is 17.0. The van der Waals surface area contributed by atoms with Gasteiger partial charge in [0.1, 0.15) is 28.4 Å². The van der Waals surface area contributed by atoms with Gasteiger partial charge in [-0.1, -0.05) is 98.7 Å². The summed E-state index contributed by atoms with van der Waals surface area (Å²) in [4.78, 5) is 1.83. The largest absolute Gasteiger partial charge is 0.508 e. The number of benzene rings is 2. The van der Waals surface area contributed by atoms with E-state index in [1.165, 1.54) is 0 Å². The number of allylic oxidation sites excluding steroid dienone is 1. The van der Waals surface area contributed by atoms with Crippen LogP contribution in [0.3, 0.4) is 0 Å². The van der Waals surface area contributed by atoms with E-state index >= 15 is 0 Å². The Hall–Kier alpha value is -2.66. The number of hydrogen-bond acceptors (Lipinski definition) is 4. The number of fused-ring (bicyclic) bond motifs is 1. The molecule has 0 spiro atoms. The molecule has 2 aromatic carbocycles. The van der Waals surface area contributed by atoms with Crippen molar-refractivity contribution in [3.05, 3.63) is 65.7 Å². The van der Waals surface area contributed by atoms with Gasteiger partial charge in [0.05, 0.1) is 0 Å². The van der Waals surface area contributed by atoms with E-state index in [4.69, 9.17) is 10.2 Å². The number of phenols is 1. The van der Waals surface area contributed by atoms with Gasteiger partial charge in [0.15, 0.2) is 0 Å². The van der Waals surface area contributed by atoms with Crippen LogP contribution in [0.25, 0.3) is 11.0 Å². The summed E-state index contributed by atoms with van der Waals surface area (Å²) >= 11 is 0. The molecule has 1 aliphatic carbocycles. The van der Waals surface area contributed by atoms with Crippen LogP contribution < -0.4 is 0 Å². The lowest BCUT2D eigenvalue weighted by atomic mass is 9.50. The number of hydrogen-bond donors (Lipinski definition) is 2. The number of para-hydroxylation sites is 1. The molecule has 200 valence electrons. The van der Waals surface area contributed by atoms with Crippen molar-refractivity contribution >= 4 is 11.0 Å². The van der Waals surface area contributed by atoms with Gasteiger partial charge in [-0.25, -0.2) is 0 Å². The summed E-state index contributed by atoms with van der Waals surface area (Å²) in [6.07, 6.45) is 3.66. The molecule has 37 heavy (non-hydrogen) atoms. The van der Waals surface area contributed by atoms with E-state index in [-0.39, 0.29) is 27.4 Å². The van der Waals surface area contributed by atoms with Crippen molar-refractivity contribution in [3.8, 4) is 5.75 Å². The quantitative estimate of drug-likeness (QED) is 0.359. The maximum atomic E-state index is 12.3. The zero-order valence-corrected chi connectivity index (χ0v) is 24.1. The first-order valence-electron chi connectivity index (χ1n) is 13.5. The second-order valence-corrected chi connectivity index (χ2v) is 14.3. The Kier molecular flexibility index (Phi) is 6.64. The summed E-state index contributed by atoms with van der Waals surface area (Å²) in [7, 11) is 0. The highest BCUT2D eigenvalue weighted by Crippen LogP contribution is 2.60. The molecule has 0 fully saturated rings. The highest BCUT2D eigenvalue weighted by atomic mass is 16.3. The third kappa shape index (κ3) is 4.83. The van der Waals surface area contributed by atoms with E-state index in [2.05, 4.69) is 68.4 Å². The third-order valence-electron chi connectivity index (χ3n) is 8.79. The molecule has 4 rings (SSSR count). The second kappa shape index (κ2) is 8.97. The van der Waals surface area contributed by atoms with Gasteiger partial charge in [0.25, 0.3) is 0 Å². The Balaban J connectivity index is 1.98. The van der Waals surface area contributed by atoms with E-state index in [9.17, 15) is 10.2 Å². The van der Waals surface area contributed by atoms with E-state index in [1.807, 2.05) is 47.3 Å². The van der Waals surface area contributed by atoms with Gasteiger partial charge >= 0.3 is 0 Å². The summed E-state index contributed by atoms with van der Waals surface area (Å²) in [6.45, 7) is 20.5. The summed E-state index contributed by atoms with van der Waals surface area (Å²) in [5.74, 6) is 0.251. The fourth-order valence-corrected chi connectivity index (χ4v) is 6.69. The van der Waals surface area contributed by atoms with Crippen molar-refractivity contribution in [2.75, 3.05) is 0 Å². The normalized spacial score (nSPS) is 25.4. The molecular weight excluding hydrogens is 458 g/mol. The van der Waals surface area contributed by atoms with Crippen LogP contribution in [0.4, 0.5) is 0 Å². The molecule has 1 aliphatic rings. The monoisotopic (exact) mass is 503 g/mol. The summed E-state index contributed by atoms with van der Waals surface area (Å²) < 4.78 is 0. The molecule has 3 atom stereocenters. The molecule has 3 unspecified atom stereocenters. The predicted molar refractivity (Wildman–Crippen MR) is 151 cm³/mol.